The Hall–Kier alpha value is -1.30. The molecule has 23 heavy (non-hydrogen) atoms. The molecule has 1 aliphatic heterocycles. The Morgan fingerprint density at radius 1 is 1.26 bits per heavy atom. The van der Waals surface area contributed by atoms with Crippen molar-refractivity contribution >= 4 is 18.3 Å². The number of carbonyl (C=O) groups excluding carboxylic acids is 1. The Kier molecular flexibility index (Phi) is 9.67. The van der Waals surface area contributed by atoms with Crippen molar-refractivity contribution in [2.45, 2.75) is 19.8 Å². The Balaban J connectivity index is 0.00000264. The van der Waals surface area contributed by atoms with Crippen LogP contribution in [0, 0.1) is 0 Å². The van der Waals surface area contributed by atoms with Crippen molar-refractivity contribution in [2.75, 3.05) is 45.9 Å². The van der Waals surface area contributed by atoms with Gasteiger partial charge in [0.2, 0.25) is 5.91 Å². The van der Waals surface area contributed by atoms with E-state index >= 15 is 0 Å². The number of carbonyl (C=O) groups is 1. The summed E-state index contributed by atoms with van der Waals surface area (Å²) in [5.74, 6) is 0.937. The molecule has 1 fully saturated rings. The lowest BCUT2D eigenvalue weighted by molar-refractivity contribution is -0.120. The number of ether oxygens (including phenoxy) is 1. The second kappa shape index (κ2) is 11.3. The molecule has 130 valence electrons. The number of hydrogen-bond donors (Lipinski definition) is 2. The molecule has 0 unspecified atom stereocenters. The molecule has 0 spiro atoms. The van der Waals surface area contributed by atoms with Crippen LogP contribution in [0.5, 0.6) is 5.75 Å². The molecule has 1 aliphatic rings. The number of hydrogen-bond acceptors (Lipinski definition) is 4. The summed E-state index contributed by atoms with van der Waals surface area (Å²) in [6, 6.07) is 7.73. The van der Waals surface area contributed by atoms with Crippen LogP contribution >= 0.6 is 12.4 Å². The molecular weight excluding hydrogens is 314 g/mol. The largest absolute Gasteiger partial charge is 0.494 e. The summed E-state index contributed by atoms with van der Waals surface area (Å²) in [7, 11) is 0. The van der Waals surface area contributed by atoms with Crippen LogP contribution in [-0.2, 0) is 11.2 Å². The second-order valence-electron chi connectivity index (χ2n) is 5.55. The van der Waals surface area contributed by atoms with Crippen LogP contribution < -0.4 is 15.4 Å². The Morgan fingerprint density at radius 2 is 1.96 bits per heavy atom. The smallest absolute Gasteiger partial charge is 0.224 e. The van der Waals surface area contributed by atoms with Gasteiger partial charge in [-0.25, -0.2) is 0 Å². The normalized spacial score (nSPS) is 14.8. The molecule has 5 nitrogen and oxygen atoms in total. The summed E-state index contributed by atoms with van der Waals surface area (Å²) in [6.45, 7) is 8.80. The van der Waals surface area contributed by atoms with Crippen molar-refractivity contribution in [3.63, 3.8) is 0 Å². The molecule has 1 heterocycles. The minimum Gasteiger partial charge on any atom is -0.494 e. The standard InChI is InChI=1S/C17H27N3O2.ClH/c1-2-22-16-6-4-15(5-7-16)14-17(21)19-8-3-11-20-12-9-18-10-13-20;/h4-7,18H,2-3,8-14H2,1H3,(H,19,21);1H. The van der Waals surface area contributed by atoms with E-state index in [1.165, 1.54) is 0 Å². The highest BCUT2D eigenvalue weighted by molar-refractivity contribution is 5.85. The van der Waals surface area contributed by atoms with Gasteiger partial charge < -0.3 is 20.3 Å². The van der Waals surface area contributed by atoms with Gasteiger partial charge in [0, 0.05) is 32.7 Å². The molecule has 1 amide bonds. The first-order valence-corrected chi connectivity index (χ1v) is 8.19. The monoisotopic (exact) mass is 341 g/mol. The van der Waals surface area contributed by atoms with Gasteiger partial charge in [0.05, 0.1) is 13.0 Å². The van der Waals surface area contributed by atoms with Gasteiger partial charge in [-0.05, 0) is 37.6 Å². The number of nitrogens with zero attached hydrogens (tertiary/aromatic N) is 1. The number of nitrogens with one attached hydrogen (secondary N) is 2. The van der Waals surface area contributed by atoms with Crippen LogP contribution in [-0.4, -0.2) is 56.7 Å². The van der Waals surface area contributed by atoms with E-state index < -0.39 is 0 Å². The molecule has 1 saturated heterocycles. The fraction of sp³-hybridized carbons (Fsp3) is 0.588. The van der Waals surface area contributed by atoms with Gasteiger partial charge in [0.1, 0.15) is 5.75 Å². The van der Waals surface area contributed by atoms with Gasteiger partial charge in [-0.2, -0.15) is 0 Å². The SMILES string of the molecule is CCOc1ccc(CC(=O)NCCCN2CCNCC2)cc1.Cl. The maximum atomic E-state index is 11.9. The minimum atomic E-state index is 0. The Morgan fingerprint density at radius 3 is 2.61 bits per heavy atom. The average Bonchev–Trinajstić information content (AvgIpc) is 2.55. The van der Waals surface area contributed by atoms with Gasteiger partial charge >= 0.3 is 0 Å². The molecule has 1 aromatic rings. The molecule has 0 saturated carbocycles. The second-order valence-corrected chi connectivity index (χ2v) is 5.55. The van der Waals surface area contributed by atoms with Crippen LogP contribution in [0.25, 0.3) is 0 Å². The predicted octanol–water partition coefficient (Wildman–Crippen LogP) is 1.46. The maximum absolute atomic E-state index is 11.9. The summed E-state index contributed by atoms with van der Waals surface area (Å²) in [6.07, 6.45) is 1.44. The molecule has 0 atom stereocenters. The lowest BCUT2D eigenvalue weighted by atomic mass is 10.1. The number of benzene rings is 1. The molecule has 0 bridgehead atoms. The van der Waals surface area contributed by atoms with Gasteiger partial charge in [-0.3, -0.25) is 4.79 Å². The highest BCUT2D eigenvalue weighted by Gasteiger charge is 2.09. The Labute approximate surface area is 145 Å². The highest BCUT2D eigenvalue weighted by atomic mass is 35.5. The first-order valence-electron chi connectivity index (χ1n) is 8.19. The van der Waals surface area contributed by atoms with E-state index in [9.17, 15) is 4.79 Å². The first-order chi connectivity index (χ1) is 10.8. The quantitative estimate of drug-likeness (QED) is 0.703. The fourth-order valence-electron chi connectivity index (χ4n) is 2.58. The first kappa shape index (κ1) is 19.7. The lowest BCUT2D eigenvalue weighted by Gasteiger charge is -2.27. The summed E-state index contributed by atoms with van der Waals surface area (Å²) in [4.78, 5) is 14.3. The molecule has 0 aromatic heterocycles. The van der Waals surface area contributed by atoms with Crippen LogP contribution in [0.4, 0.5) is 0 Å². The van der Waals surface area contributed by atoms with Crippen molar-refractivity contribution in [2.24, 2.45) is 0 Å². The highest BCUT2D eigenvalue weighted by Crippen LogP contribution is 2.12. The summed E-state index contributed by atoms with van der Waals surface area (Å²) in [5, 5.41) is 6.34. The van der Waals surface area contributed by atoms with E-state index in [1.807, 2.05) is 31.2 Å². The van der Waals surface area contributed by atoms with Gasteiger partial charge in [0.25, 0.3) is 0 Å². The molecule has 2 N–H and O–H groups in total. The van der Waals surface area contributed by atoms with E-state index in [4.69, 9.17) is 4.74 Å². The molecule has 0 aliphatic carbocycles. The van der Waals surface area contributed by atoms with Gasteiger partial charge in [0.15, 0.2) is 0 Å². The summed E-state index contributed by atoms with van der Waals surface area (Å²) < 4.78 is 5.39. The van der Waals surface area contributed by atoms with Crippen molar-refractivity contribution in [3.05, 3.63) is 29.8 Å². The van der Waals surface area contributed by atoms with Crippen molar-refractivity contribution in [1.82, 2.24) is 15.5 Å². The van der Waals surface area contributed by atoms with E-state index in [0.717, 1.165) is 57.0 Å². The zero-order chi connectivity index (χ0) is 15.6. The van der Waals surface area contributed by atoms with E-state index in [-0.39, 0.29) is 18.3 Å². The molecule has 1 aromatic carbocycles. The van der Waals surface area contributed by atoms with Crippen molar-refractivity contribution in [3.8, 4) is 5.75 Å². The number of rotatable bonds is 8. The minimum absolute atomic E-state index is 0. The predicted molar refractivity (Wildman–Crippen MR) is 95.5 cm³/mol. The van der Waals surface area contributed by atoms with E-state index in [1.54, 1.807) is 0 Å². The van der Waals surface area contributed by atoms with E-state index in [0.29, 0.717) is 13.0 Å². The zero-order valence-corrected chi connectivity index (χ0v) is 14.7. The molecule has 6 heteroatoms. The third kappa shape index (κ3) is 7.68. The number of piperazine rings is 1. The van der Waals surface area contributed by atoms with Crippen molar-refractivity contribution < 1.29 is 9.53 Å². The number of amides is 1. The van der Waals surface area contributed by atoms with Crippen LogP contribution in [0.2, 0.25) is 0 Å². The van der Waals surface area contributed by atoms with Crippen LogP contribution in [0.15, 0.2) is 24.3 Å². The van der Waals surface area contributed by atoms with Crippen molar-refractivity contribution in [1.29, 1.82) is 0 Å². The number of halogens is 1. The van der Waals surface area contributed by atoms with E-state index in [2.05, 4.69) is 15.5 Å². The topological polar surface area (TPSA) is 53.6 Å². The Bertz CT molecular complexity index is 448. The lowest BCUT2D eigenvalue weighted by Crippen LogP contribution is -2.44. The average molecular weight is 342 g/mol. The van der Waals surface area contributed by atoms with Crippen LogP contribution in [0.1, 0.15) is 18.9 Å². The third-order valence-electron chi connectivity index (χ3n) is 3.78. The molecular formula is C17H28ClN3O2. The summed E-state index contributed by atoms with van der Waals surface area (Å²) in [5.41, 5.74) is 1.02. The molecule has 2 rings (SSSR count). The van der Waals surface area contributed by atoms with Crippen LogP contribution in [0.3, 0.4) is 0 Å². The zero-order valence-electron chi connectivity index (χ0n) is 13.8. The fourth-order valence-corrected chi connectivity index (χ4v) is 2.58. The van der Waals surface area contributed by atoms with Gasteiger partial charge in [-0.1, -0.05) is 12.1 Å². The summed E-state index contributed by atoms with van der Waals surface area (Å²) >= 11 is 0. The van der Waals surface area contributed by atoms with Gasteiger partial charge in [-0.15, -0.1) is 12.4 Å². The maximum Gasteiger partial charge on any atom is 0.224 e. The third-order valence-corrected chi connectivity index (χ3v) is 3.78. The molecule has 0 radical (unpaired) electrons.